The third-order valence-corrected chi connectivity index (χ3v) is 8.02. The molecule has 2 aromatic carbocycles. The number of amides is 1. The first kappa shape index (κ1) is 26.8. The first-order valence-corrected chi connectivity index (χ1v) is 13.6. The van der Waals surface area contributed by atoms with E-state index in [1.165, 1.54) is 0 Å². The van der Waals surface area contributed by atoms with Crippen molar-refractivity contribution in [3.8, 4) is 5.75 Å². The second-order valence-electron chi connectivity index (χ2n) is 9.60. The van der Waals surface area contributed by atoms with Gasteiger partial charge < -0.3 is 20.1 Å². The molecule has 2 atom stereocenters. The highest BCUT2D eigenvalue weighted by Crippen LogP contribution is 2.36. The zero-order valence-electron chi connectivity index (χ0n) is 21.1. The predicted octanol–water partition coefficient (Wildman–Crippen LogP) is 5.60. The van der Waals surface area contributed by atoms with Crippen LogP contribution in [0.5, 0.6) is 5.75 Å². The van der Waals surface area contributed by atoms with E-state index in [4.69, 9.17) is 50.6 Å². The third-order valence-electron chi connectivity index (χ3n) is 6.93. The first-order valence-electron chi connectivity index (χ1n) is 12.4. The number of hydrogen-bond donors (Lipinski definition) is 1. The van der Waals surface area contributed by atoms with Crippen LogP contribution in [0.25, 0.3) is 16.7 Å². The van der Waals surface area contributed by atoms with Crippen LogP contribution in [-0.2, 0) is 9.53 Å². The zero-order valence-corrected chi connectivity index (χ0v) is 23.4. The van der Waals surface area contributed by atoms with Crippen molar-refractivity contribution in [3.63, 3.8) is 0 Å². The van der Waals surface area contributed by atoms with Gasteiger partial charge in [-0.2, -0.15) is 0 Å². The fraction of sp³-hybridized carbons (Fsp3) is 0.321. The number of ether oxygens (including phenoxy) is 2. The van der Waals surface area contributed by atoms with Gasteiger partial charge in [0.1, 0.15) is 24.3 Å². The standard InChI is InChI=1S/C28H28Cl2N4O3S/c1-16(20-4-3-5-24(26(20)30)37-19-8-10-33(2)11-9-19)36-25-14-18(13-21(27(25)38)28(31)35)34-15-32-22-7-6-17(29)12-23(22)34/h3-7,12-16,19,25H,8-11H2,1-2H3,(H2,31,35)/t16-,25?/m1/s1. The maximum absolute atomic E-state index is 12.3. The van der Waals surface area contributed by atoms with Gasteiger partial charge in [0.15, 0.2) is 0 Å². The van der Waals surface area contributed by atoms with Crippen LogP contribution in [0.1, 0.15) is 31.4 Å². The number of piperidine rings is 1. The SMILES string of the molecule is C[C@@H](OC1C=C(n2cnc3ccc(Cl)cc32)C=C(C(N)=O)C1=S)c1cccc(OC2CCN(C)CC2)c1Cl. The normalized spacial score (nSPS) is 19.8. The smallest absolute Gasteiger partial charge is 0.250 e. The van der Waals surface area contributed by atoms with Gasteiger partial charge in [0.25, 0.3) is 0 Å². The number of carbonyl (C=O) groups is 1. The topological polar surface area (TPSA) is 82.6 Å². The molecule has 0 spiro atoms. The van der Waals surface area contributed by atoms with Gasteiger partial charge in [-0.3, -0.25) is 9.36 Å². The molecule has 7 nitrogen and oxygen atoms in total. The summed E-state index contributed by atoms with van der Waals surface area (Å²) >= 11 is 18.7. The number of primary amides is 1. The molecule has 2 N–H and O–H groups in total. The molecule has 38 heavy (non-hydrogen) atoms. The lowest BCUT2D eigenvalue weighted by atomic mass is 9.98. The summed E-state index contributed by atoms with van der Waals surface area (Å²) in [5.41, 5.74) is 8.87. The number of nitrogens with two attached hydrogens (primary N) is 1. The molecule has 0 radical (unpaired) electrons. The van der Waals surface area contributed by atoms with Gasteiger partial charge in [0, 0.05) is 29.4 Å². The number of allylic oxidation sites excluding steroid dienone is 2. The molecule has 5 rings (SSSR count). The molecule has 1 fully saturated rings. The summed E-state index contributed by atoms with van der Waals surface area (Å²) < 4.78 is 14.5. The van der Waals surface area contributed by atoms with E-state index in [1.54, 1.807) is 18.5 Å². The van der Waals surface area contributed by atoms with E-state index in [2.05, 4.69) is 16.9 Å². The largest absolute Gasteiger partial charge is 0.489 e. The summed E-state index contributed by atoms with van der Waals surface area (Å²) in [6.45, 7) is 3.87. The molecule has 2 aliphatic rings. The summed E-state index contributed by atoms with van der Waals surface area (Å²) in [6.07, 6.45) is 6.03. The van der Waals surface area contributed by atoms with E-state index >= 15 is 0 Å². The minimum absolute atomic E-state index is 0.119. The summed E-state index contributed by atoms with van der Waals surface area (Å²) in [5, 5.41) is 1.08. The number of nitrogens with zero attached hydrogens (tertiary/aromatic N) is 3. The van der Waals surface area contributed by atoms with Crippen molar-refractivity contribution >= 4 is 62.9 Å². The Morgan fingerprint density at radius 1 is 1.21 bits per heavy atom. The van der Waals surface area contributed by atoms with E-state index in [-0.39, 0.29) is 11.7 Å². The molecular formula is C28H28Cl2N4O3S. The molecule has 198 valence electrons. The molecule has 1 saturated heterocycles. The van der Waals surface area contributed by atoms with E-state index in [0.29, 0.717) is 26.4 Å². The predicted molar refractivity (Wildman–Crippen MR) is 155 cm³/mol. The summed E-state index contributed by atoms with van der Waals surface area (Å²) in [5.74, 6) is 0.00645. The maximum atomic E-state index is 12.3. The van der Waals surface area contributed by atoms with Crippen molar-refractivity contribution in [1.82, 2.24) is 14.5 Å². The van der Waals surface area contributed by atoms with E-state index < -0.39 is 18.1 Å². The Bertz CT molecular complexity index is 1460. The van der Waals surface area contributed by atoms with Crippen LogP contribution in [0.15, 0.2) is 60.5 Å². The highest BCUT2D eigenvalue weighted by Gasteiger charge is 2.29. The van der Waals surface area contributed by atoms with Gasteiger partial charge in [-0.05, 0) is 63.2 Å². The van der Waals surface area contributed by atoms with Crippen LogP contribution in [0.3, 0.4) is 0 Å². The van der Waals surface area contributed by atoms with Crippen LogP contribution in [0, 0.1) is 0 Å². The van der Waals surface area contributed by atoms with E-state index in [1.807, 2.05) is 47.9 Å². The lowest BCUT2D eigenvalue weighted by Crippen LogP contribution is -2.35. The lowest BCUT2D eigenvalue weighted by molar-refractivity contribution is -0.114. The Morgan fingerprint density at radius 3 is 2.71 bits per heavy atom. The Hall–Kier alpha value is -2.75. The van der Waals surface area contributed by atoms with Crippen molar-refractivity contribution in [2.75, 3.05) is 20.1 Å². The Labute approximate surface area is 236 Å². The number of hydrogen-bond acceptors (Lipinski definition) is 6. The van der Waals surface area contributed by atoms with Gasteiger partial charge in [-0.25, -0.2) is 4.98 Å². The Balaban J connectivity index is 1.42. The van der Waals surface area contributed by atoms with Gasteiger partial charge in [-0.1, -0.05) is 47.6 Å². The molecule has 0 bridgehead atoms. The van der Waals surface area contributed by atoms with Gasteiger partial charge in [0.2, 0.25) is 5.91 Å². The molecule has 1 aliphatic carbocycles. The third kappa shape index (κ3) is 5.51. The molecule has 2 heterocycles. The summed E-state index contributed by atoms with van der Waals surface area (Å²) in [4.78, 5) is 19.3. The van der Waals surface area contributed by atoms with Gasteiger partial charge in [0.05, 0.1) is 32.6 Å². The van der Waals surface area contributed by atoms with Crippen molar-refractivity contribution in [3.05, 3.63) is 76.1 Å². The number of carbonyl (C=O) groups excluding carboxylic acids is 1. The quantitative estimate of drug-likeness (QED) is 0.372. The fourth-order valence-electron chi connectivity index (χ4n) is 4.79. The molecular weight excluding hydrogens is 543 g/mol. The molecule has 1 aromatic heterocycles. The number of fused-ring (bicyclic) bond motifs is 1. The minimum Gasteiger partial charge on any atom is -0.489 e. The fourth-order valence-corrected chi connectivity index (χ4v) is 5.56. The average Bonchev–Trinajstić information content (AvgIpc) is 3.30. The molecule has 0 saturated carbocycles. The first-order chi connectivity index (χ1) is 18.2. The minimum atomic E-state index is -0.700. The van der Waals surface area contributed by atoms with E-state index in [9.17, 15) is 4.79 Å². The maximum Gasteiger partial charge on any atom is 0.250 e. The van der Waals surface area contributed by atoms with Crippen molar-refractivity contribution < 1.29 is 14.3 Å². The number of likely N-dealkylation sites (tertiary alicyclic amines) is 1. The number of thiocarbonyl (C=S) groups is 1. The Kier molecular flexibility index (Phi) is 7.88. The average molecular weight is 572 g/mol. The van der Waals surface area contributed by atoms with Crippen LogP contribution in [0.4, 0.5) is 0 Å². The zero-order chi connectivity index (χ0) is 27.0. The molecule has 10 heteroatoms. The second-order valence-corrected chi connectivity index (χ2v) is 10.9. The molecule has 1 aliphatic heterocycles. The number of benzene rings is 2. The Morgan fingerprint density at radius 2 is 1.97 bits per heavy atom. The highest BCUT2D eigenvalue weighted by atomic mass is 35.5. The van der Waals surface area contributed by atoms with Crippen LogP contribution in [-0.4, -0.2) is 57.6 Å². The monoisotopic (exact) mass is 570 g/mol. The van der Waals surface area contributed by atoms with Gasteiger partial charge in [-0.15, -0.1) is 0 Å². The van der Waals surface area contributed by atoms with Crippen molar-refractivity contribution in [1.29, 1.82) is 0 Å². The number of rotatable bonds is 7. The van der Waals surface area contributed by atoms with E-state index in [0.717, 1.165) is 42.5 Å². The highest BCUT2D eigenvalue weighted by molar-refractivity contribution is 7.81. The van der Waals surface area contributed by atoms with Crippen molar-refractivity contribution in [2.24, 2.45) is 5.73 Å². The summed E-state index contributed by atoms with van der Waals surface area (Å²) in [6, 6.07) is 11.1. The van der Waals surface area contributed by atoms with Crippen LogP contribution in [0.2, 0.25) is 10.0 Å². The molecule has 1 amide bonds. The molecule has 1 unspecified atom stereocenters. The number of imidazole rings is 1. The lowest BCUT2D eigenvalue weighted by Gasteiger charge is -2.30. The van der Waals surface area contributed by atoms with Crippen LogP contribution >= 0.6 is 35.4 Å². The number of aromatic nitrogens is 2. The molecule has 3 aromatic rings. The second kappa shape index (κ2) is 11.2. The number of halogens is 2. The van der Waals surface area contributed by atoms with Crippen molar-refractivity contribution in [2.45, 2.75) is 38.1 Å². The van der Waals surface area contributed by atoms with Crippen LogP contribution < -0.4 is 10.5 Å². The van der Waals surface area contributed by atoms with Gasteiger partial charge >= 0.3 is 0 Å². The summed E-state index contributed by atoms with van der Waals surface area (Å²) in [7, 11) is 2.11.